The van der Waals surface area contributed by atoms with Gasteiger partial charge in [-0.2, -0.15) is 17.6 Å². The number of aryl methyl sites for hydroxylation is 2. The summed E-state index contributed by atoms with van der Waals surface area (Å²) in [5.41, 5.74) is -0.169. The number of alkyl halides is 4. The molecule has 0 saturated carbocycles. The van der Waals surface area contributed by atoms with Gasteiger partial charge in [-0.05, 0) is 37.6 Å². The first-order chi connectivity index (χ1) is 15.2. The van der Waals surface area contributed by atoms with E-state index in [0.717, 1.165) is 16.7 Å². The molecule has 0 fully saturated rings. The summed E-state index contributed by atoms with van der Waals surface area (Å²) >= 11 is 0. The van der Waals surface area contributed by atoms with Gasteiger partial charge >= 0.3 is 18.9 Å². The van der Waals surface area contributed by atoms with Crippen LogP contribution in [-0.4, -0.2) is 31.9 Å². The molecule has 0 unspecified atom stereocenters. The highest BCUT2D eigenvalue weighted by molar-refractivity contribution is 5.77. The number of benzene rings is 1. The number of aromatic nitrogens is 4. The quantitative estimate of drug-likeness (QED) is 0.466. The lowest BCUT2D eigenvalue weighted by Gasteiger charge is -2.12. The molecule has 0 amide bonds. The molecule has 180 valence electrons. The number of rotatable bonds is 8. The lowest BCUT2D eigenvalue weighted by Crippen LogP contribution is -2.39. The van der Waals surface area contributed by atoms with E-state index in [-0.39, 0.29) is 22.4 Å². The molecule has 0 bridgehead atoms. The Kier molecular flexibility index (Phi) is 8.01. The zero-order valence-electron chi connectivity index (χ0n) is 17.8. The highest BCUT2D eigenvalue weighted by Gasteiger charge is 2.18. The first kappa shape index (κ1) is 25.6. The van der Waals surface area contributed by atoms with E-state index >= 15 is 0 Å². The third kappa shape index (κ3) is 5.07. The van der Waals surface area contributed by atoms with Crippen molar-refractivity contribution in [3.63, 3.8) is 0 Å². The standard InChI is InChI=1S/C20H20F4N4O4.FH/c1-4-27-16-15(17(29)28(5-2)20(27)30)26(3)14(25-16)9-7-11-6-8-12(31-18(21)22)13(10-11)32-19(23)24;/h6-10,18-19H,4-5H2,1-3H3;1H/b9-7+;. The van der Waals surface area contributed by atoms with Gasteiger partial charge in [-0.3, -0.25) is 18.6 Å². The molecule has 0 aliphatic heterocycles. The Morgan fingerprint density at radius 2 is 1.58 bits per heavy atom. The van der Waals surface area contributed by atoms with Crippen LogP contribution >= 0.6 is 0 Å². The summed E-state index contributed by atoms with van der Waals surface area (Å²) in [5.74, 6) is -0.776. The van der Waals surface area contributed by atoms with E-state index in [9.17, 15) is 27.2 Å². The van der Waals surface area contributed by atoms with E-state index in [0.29, 0.717) is 17.9 Å². The van der Waals surface area contributed by atoms with E-state index in [1.54, 1.807) is 20.9 Å². The number of hydrogen-bond donors (Lipinski definition) is 0. The van der Waals surface area contributed by atoms with Crippen LogP contribution in [-0.2, 0) is 20.1 Å². The average molecular weight is 476 g/mol. The van der Waals surface area contributed by atoms with Gasteiger partial charge in [-0.15, -0.1) is 0 Å². The summed E-state index contributed by atoms with van der Waals surface area (Å²) in [5, 5.41) is 0. The molecule has 0 aliphatic rings. The van der Waals surface area contributed by atoms with Crippen molar-refractivity contribution < 1.29 is 31.7 Å². The predicted octanol–water partition coefficient (Wildman–Crippen LogP) is 3.46. The zero-order chi connectivity index (χ0) is 23.6. The van der Waals surface area contributed by atoms with Crippen molar-refractivity contribution in [1.82, 2.24) is 18.7 Å². The van der Waals surface area contributed by atoms with Crippen molar-refractivity contribution >= 4 is 23.3 Å². The molecule has 0 spiro atoms. The molecular weight excluding hydrogens is 455 g/mol. The zero-order valence-corrected chi connectivity index (χ0v) is 17.8. The molecular formula is C20H21F5N4O4. The Morgan fingerprint density at radius 3 is 2.15 bits per heavy atom. The molecule has 0 N–H and O–H groups in total. The summed E-state index contributed by atoms with van der Waals surface area (Å²) in [6, 6.07) is 3.55. The maximum absolute atomic E-state index is 12.7. The van der Waals surface area contributed by atoms with Gasteiger partial charge in [0, 0.05) is 20.1 Å². The molecule has 8 nitrogen and oxygen atoms in total. The van der Waals surface area contributed by atoms with Crippen LogP contribution in [0.5, 0.6) is 11.5 Å². The average Bonchev–Trinajstić information content (AvgIpc) is 3.04. The summed E-state index contributed by atoms with van der Waals surface area (Å²) in [6.45, 7) is -2.50. The summed E-state index contributed by atoms with van der Waals surface area (Å²) < 4.78 is 62.7. The van der Waals surface area contributed by atoms with E-state index in [1.165, 1.54) is 27.4 Å². The lowest BCUT2D eigenvalue weighted by molar-refractivity contribution is -0.0692. The van der Waals surface area contributed by atoms with E-state index in [4.69, 9.17) is 0 Å². The van der Waals surface area contributed by atoms with Gasteiger partial charge in [0.2, 0.25) is 0 Å². The number of fused-ring (bicyclic) bond motifs is 1. The molecule has 1 aromatic carbocycles. The normalized spacial score (nSPS) is 11.5. The number of ether oxygens (including phenoxy) is 2. The molecule has 3 aromatic rings. The Morgan fingerprint density at radius 1 is 0.970 bits per heavy atom. The monoisotopic (exact) mass is 476 g/mol. The fraction of sp³-hybridized carbons (Fsp3) is 0.350. The SMILES string of the molecule is CCn1c(=O)c2c(nc(/C=C/c3ccc(OC(F)F)c(OC(F)F)c3)n2C)n(CC)c1=O.F. The second kappa shape index (κ2) is 10.3. The van der Waals surface area contributed by atoms with Gasteiger partial charge in [-0.25, -0.2) is 9.78 Å². The molecule has 0 atom stereocenters. The van der Waals surface area contributed by atoms with Crippen molar-refractivity contribution in [1.29, 1.82) is 0 Å². The highest BCUT2D eigenvalue weighted by Crippen LogP contribution is 2.31. The molecule has 3 rings (SSSR count). The van der Waals surface area contributed by atoms with Gasteiger partial charge in [0.25, 0.3) is 5.56 Å². The molecule has 0 aliphatic carbocycles. The van der Waals surface area contributed by atoms with Crippen LogP contribution in [0.25, 0.3) is 23.3 Å². The Balaban J connectivity index is 0.00000385. The van der Waals surface area contributed by atoms with E-state index in [2.05, 4.69) is 14.5 Å². The van der Waals surface area contributed by atoms with Crippen LogP contribution in [0.1, 0.15) is 25.2 Å². The second-order valence-electron chi connectivity index (χ2n) is 6.57. The van der Waals surface area contributed by atoms with Crippen molar-refractivity contribution in [2.24, 2.45) is 7.05 Å². The highest BCUT2D eigenvalue weighted by atomic mass is 19.3. The lowest BCUT2D eigenvalue weighted by atomic mass is 10.2. The molecule has 2 aromatic heterocycles. The maximum atomic E-state index is 12.7. The number of nitrogens with zero attached hydrogens (tertiary/aromatic N) is 4. The third-order valence-corrected chi connectivity index (χ3v) is 4.73. The maximum Gasteiger partial charge on any atom is 0.387 e. The van der Waals surface area contributed by atoms with Crippen LogP contribution in [0.2, 0.25) is 0 Å². The van der Waals surface area contributed by atoms with Gasteiger partial charge in [0.05, 0.1) is 0 Å². The van der Waals surface area contributed by atoms with Crippen molar-refractivity contribution in [2.75, 3.05) is 0 Å². The Labute approximate surface area is 183 Å². The molecule has 33 heavy (non-hydrogen) atoms. The largest absolute Gasteiger partial charge is 0.431 e. The van der Waals surface area contributed by atoms with Crippen LogP contribution in [0.3, 0.4) is 0 Å². The molecule has 0 saturated heterocycles. The summed E-state index contributed by atoms with van der Waals surface area (Å²) in [4.78, 5) is 29.6. The number of hydrogen-bond acceptors (Lipinski definition) is 5. The van der Waals surface area contributed by atoms with Crippen LogP contribution < -0.4 is 20.7 Å². The minimum absolute atomic E-state index is 0. The Bertz CT molecular complexity index is 1280. The number of imidazole rings is 1. The molecule has 13 heteroatoms. The van der Waals surface area contributed by atoms with Crippen LogP contribution in [0, 0.1) is 0 Å². The summed E-state index contributed by atoms with van der Waals surface area (Å²) in [6.07, 6.45) is 2.97. The second-order valence-corrected chi connectivity index (χ2v) is 6.57. The molecule has 0 radical (unpaired) electrons. The molecule has 2 heterocycles. The first-order valence-corrected chi connectivity index (χ1v) is 9.59. The number of halogens is 5. The first-order valence-electron chi connectivity index (χ1n) is 9.59. The van der Waals surface area contributed by atoms with E-state index < -0.39 is 36.0 Å². The van der Waals surface area contributed by atoms with Gasteiger partial charge in [0.15, 0.2) is 22.7 Å². The Hall–Kier alpha value is -3.64. The van der Waals surface area contributed by atoms with Crippen LogP contribution in [0.4, 0.5) is 22.3 Å². The van der Waals surface area contributed by atoms with Crippen molar-refractivity contribution in [3.8, 4) is 11.5 Å². The van der Waals surface area contributed by atoms with Crippen LogP contribution in [0.15, 0.2) is 27.8 Å². The predicted molar refractivity (Wildman–Crippen MR) is 112 cm³/mol. The smallest absolute Gasteiger partial charge is 0.387 e. The summed E-state index contributed by atoms with van der Waals surface area (Å²) in [7, 11) is 1.60. The van der Waals surface area contributed by atoms with Gasteiger partial charge < -0.3 is 14.0 Å². The van der Waals surface area contributed by atoms with Crippen molar-refractivity contribution in [2.45, 2.75) is 40.2 Å². The minimum Gasteiger partial charge on any atom is -0.431 e. The third-order valence-electron chi connectivity index (χ3n) is 4.73. The van der Waals surface area contributed by atoms with Gasteiger partial charge in [0.1, 0.15) is 5.82 Å². The van der Waals surface area contributed by atoms with Gasteiger partial charge in [-0.1, -0.05) is 12.1 Å². The minimum atomic E-state index is -3.24. The fourth-order valence-corrected chi connectivity index (χ4v) is 3.27. The van der Waals surface area contributed by atoms with E-state index in [1.807, 2.05) is 0 Å². The van der Waals surface area contributed by atoms with Crippen molar-refractivity contribution in [3.05, 3.63) is 50.4 Å². The fourth-order valence-electron chi connectivity index (χ4n) is 3.27. The topological polar surface area (TPSA) is 80.3 Å².